The lowest BCUT2D eigenvalue weighted by molar-refractivity contribution is -0.385. The Labute approximate surface area is 145 Å². The Morgan fingerprint density at radius 1 is 1.24 bits per heavy atom. The van der Waals surface area contributed by atoms with Gasteiger partial charge in [-0.3, -0.25) is 10.1 Å². The predicted octanol–water partition coefficient (Wildman–Crippen LogP) is 2.61. The molecule has 0 spiro atoms. The average molecular weight is 363 g/mol. The normalized spacial score (nSPS) is 11.9. The smallest absolute Gasteiger partial charge is 0.276 e. The summed E-state index contributed by atoms with van der Waals surface area (Å²) < 4.78 is 29.9. The number of methoxy groups -OCH3 is 1. The van der Waals surface area contributed by atoms with Crippen LogP contribution in [0.4, 0.5) is 5.69 Å². The van der Waals surface area contributed by atoms with Crippen molar-refractivity contribution in [3.8, 4) is 5.75 Å². The van der Waals surface area contributed by atoms with E-state index in [2.05, 4.69) is 9.93 Å². The standard InChI is InChI=1S/C16H17N3O5S/c1-11-8-9-13(10-15(11)19(20)21)25(22,23)18-17-12(2)14-6-4-5-7-16(14)24-3/h4-10,18H,1-3H3/b17-12-. The van der Waals surface area contributed by atoms with Crippen LogP contribution in [0.3, 0.4) is 0 Å². The van der Waals surface area contributed by atoms with Gasteiger partial charge < -0.3 is 4.74 Å². The summed E-state index contributed by atoms with van der Waals surface area (Å²) in [6.45, 7) is 3.16. The molecule has 0 fully saturated rings. The number of rotatable bonds is 6. The highest BCUT2D eigenvalue weighted by molar-refractivity contribution is 7.89. The van der Waals surface area contributed by atoms with Crippen molar-refractivity contribution in [2.45, 2.75) is 18.7 Å². The first kappa shape index (κ1) is 18.4. The van der Waals surface area contributed by atoms with Crippen LogP contribution >= 0.6 is 0 Å². The van der Waals surface area contributed by atoms with Crippen LogP contribution in [-0.2, 0) is 10.0 Å². The van der Waals surface area contributed by atoms with Gasteiger partial charge in [0.05, 0.1) is 22.6 Å². The van der Waals surface area contributed by atoms with Gasteiger partial charge in [0.1, 0.15) is 5.75 Å². The van der Waals surface area contributed by atoms with Crippen LogP contribution in [0.2, 0.25) is 0 Å². The van der Waals surface area contributed by atoms with Crippen LogP contribution in [0.15, 0.2) is 52.5 Å². The molecule has 0 aliphatic carbocycles. The van der Waals surface area contributed by atoms with Crippen molar-refractivity contribution >= 4 is 21.4 Å². The Morgan fingerprint density at radius 3 is 2.56 bits per heavy atom. The molecule has 9 heteroatoms. The highest BCUT2D eigenvalue weighted by atomic mass is 32.2. The van der Waals surface area contributed by atoms with Crippen LogP contribution in [-0.4, -0.2) is 26.2 Å². The lowest BCUT2D eigenvalue weighted by Crippen LogP contribution is -2.20. The third-order valence-corrected chi connectivity index (χ3v) is 4.72. The molecule has 2 rings (SSSR count). The van der Waals surface area contributed by atoms with Crippen LogP contribution in [0.25, 0.3) is 0 Å². The molecule has 132 valence electrons. The quantitative estimate of drug-likeness (QED) is 0.482. The number of nitrogens with one attached hydrogen (secondary N) is 1. The molecule has 0 amide bonds. The highest BCUT2D eigenvalue weighted by Crippen LogP contribution is 2.22. The zero-order valence-corrected chi connectivity index (χ0v) is 14.7. The lowest BCUT2D eigenvalue weighted by Gasteiger charge is -2.09. The van der Waals surface area contributed by atoms with Crippen molar-refractivity contribution in [3.05, 3.63) is 63.7 Å². The summed E-state index contributed by atoms with van der Waals surface area (Å²) in [5, 5.41) is 14.8. The molecule has 2 aromatic carbocycles. The monoisotopic (exact) mass is 363 g/mol. The van der Waals surface area contributed by atoms with Gasteiger partial charge in [-0.25, -0.2) is 0 Å². The highest BCUT2D eigenvalue weighted by Gasteiger charge is 2.19. The molecule has 0 bridgehead atoms. The van der Waals surface area contributed by atoms with E-state index in [1.807, 2.05) is 0 Å². The first-order valence-electron chi connectivity index (χ1n) is 7.21. The number of hydrogen-bond acceptors (Lipinski definition) is 6. The summed E-state index contributed by atoms with van der Waals surface area (Å²) in [5.41, 5.74) is 1.12. The Balaban J connectivity index is 2.33. The van der Waals surface area contributed by atoms with Gasteiger partial charge in [0.2, 0.25) is 0 Å². The Hall–Kier alpha value is -2.94. The number of ether oxygens (including phenoxy) is 1. The molecule has 25 heavy (non-hydrogen) atoms. The van der Waals surface area contributed by atoms with E-state index in [0.29, 0.717) is 22.6 Å². The molecule has 0 saturated carbocycles. The number of nitro groups is 1. The van der Waals surface area contributed by atoms with E-state index in [-0.39, 0.29) is 10.6 Å². The lowest BCUT2D eigenvalue weighted by atomic mass is 10.1. The summed E-state index contributed by atoms with van der Waals surface area (Å²) in [6, 6.07) is 10.7. The Kier molecular flexibility index (Phi) is 5.38. The molecule has 0 aliphatic heterocycles. The number of para-hydroxylation sites is 1. The van der Waals surface area contributed by atoms with Crippen LogP contribution < -0.4 is 9.57 Å². The van der Waals surface area contributed by atoms with Crippen LogP contribution in [0.5, 0.6) is 5.75 Å². The second-order valence-corrected chi connectivity index (χ2v) is 6.86. The fraction of sp³-hybridized carbons (Fsp3) is 0.188. The minimum atomic E-state index is -4.04. The largest absolute Gasteiger partial charge is 0.496 e. The SMILES string of the molecule is COc1ccccc1/C(C)=N\NS(=O)(=O)c1ccc(C)c([N+](=O)[O-])c1. The van der Waals surface area contributed by atoms with Gasteiger partial charge in [0.25, 0.3) is 15.7 Å². The van der Waals surface area contributed by atoms with E-state index in [1.165, 1.54) is 26.2 Å². The average Bonchev–Trinajstić information content (AvgIpc) is 2.59. The van der Waals surface area contributed by atoms with E-state index < -0.39 is 14.9 Å². The second kappa shape index (κ2) is 7.31. The zero-order chi connectivity index (χ0) is 18.6. The molecular weight excluding hydrogens is 346 g/mol. The summed E-state index contributed by atoms with van der Waals surface area (Å²) >= 11 is 0. The number of hydrogen-bond donors (Lipinski definition) is 1. The molecule has 0 radical (unpaired) electrons. The number of nitrogens with zero attached hydrogens (tertiary/aromatic N) is 2. The maximum Gasteiger partial charge on any atom is 0.276 e. The summed E-state index contributed by atoms with van der Waals surface area (Å²) in [5.74, 6) is 0.550. The van der Waals surface area contributed by atoms with Gasteiger partial charge in [0, 0.05) is 17.2 Å². The Morgan fingerprint density at radius 2 is 1.92 bits per heavy atom. The first-order chi connectivity index (χ1) is 11.8. The number of aryl methyl sites for hydroxylation is 1. The number of sulfonamides is 1. The van der Waals surface area contributed by atoms with E-state index >= 15 is 0 Å². The summed E-state index contributed by atoms with van der Waals surface area (Å²) in [7, 11) is -2.54. The van der Waals surface area contributed by atoms with E-state index in [9.17, 15) is 18.5 Å². The fourth-order valence-corrected chi connectivity index (χ4v) is 3.01. The molecule has 0 saturated heterocycles. The first-order valence-corrected chi connectivity index (χ1v) is 8.69. The van der Waals surface area contributed by atoms with Gasteiger partial charge >= 0.3 is 0 Å². The molecule has 0 heterocycles. The van der Waals surface area contributed by atoms with Crippen molar-refractivity contribution < 1.29 is 18.1 Å². The van der Waals surface area contributed by atoms with Crippen molar-refractivity contribution in [2.24, 2.45) is 5.10 Å². The molecular formula is C16H17N3O5S. The molecule has 0 aromatic heterocycles. The van der Waals surface area contributed by atoms with Gasteiger partial charge in [0.15, 0.2) is 0 Å². The van der Waals surface area contributed by atoms with Gasteiger partial charge in [-0.1, -0.05) is 18.2 Å². The molecule has 1 N–H and O–H groups in total. The van der Waals surface area contributed by atoms with Crippen LogP contribution in [0.1, 0.15) is 18.1 Å². The molecule has 0 aliphatic rings. The summed E-state index contributed by atoms with van der Waals surface area (Å²) in [4.78, 5) is 12.2. The molecule has 0 unspecified atom stereocenters. The zero-order valence-electron chi connectivity index (χ0n) is 13.9. The van der Waals surface area contributed by atoms with Crippen molar-refractivity contribution in [1.29, 1.82) is 0 Å². The topological polar surface area (TPSA) is 111 Å². The van der Waals surface area contributed by atoms with Crippen molar-refractivity contribution in [1.82, 2.24) is 4.83 Å². The van der Waals surface area contributed by atoms with Gasteiger partial charge in [-0.15, -0.1) is 0 Å². The van der Waals surface area contributed by atoms with Crippen molar-refractivity contribution in [3.63, 3.8) is 0 Å². The number of hydrazone groups is 1. The number of benzene rings is 2. The summed E-state index contributed by atoms with van der Waals surface area (Å²) in [6.07, 6.45) is 0. The van der Waals surface area contributed by atoms with Crippen molar-refractivity contribution in [2.75, 3.05) is 7.11 Å². The van der Waals surface area contributed by atoms with E-state index in [4.69, 9.17) is 4.74 Å². The molecule has 0 atom stereocenters. The van der Waals surface area contributed by atoms with E-state index in [1.54, 1.807) is 31.2 Å². The minimum Gasteiger partial charge on any atom is -0.496 e. The number of nitro benzene ring substituents is 1. The maximum absolute atomic E-state index is 12.3. The fourth-order valence-electron chi connectivity index (χ4n) is 2.14. The van der Waals surface area contributed by atoms with Gasteiger partial charge in [-0.05, 0) is 32.0 Å². The third-order valence-electron chi connectivity index (χ3n) is 3.52. The van der Waals surface area contributed by atoms with E-state index in [0.717, 1.165) is 6.07 Å². The van der Waals surface area contributed by atoms with Gasteiger partial charge in [-0.2, -0.15) is 18.4 Å². The molecule has 8 nitrogen and oxygen atoms in total. The molecule has 2 aromatic rings. The maximum atomic E-state index is 12.3. The third kappa shape index (κ3) is 4.13. The predicted molar refractivity (Wildman–Crippen MR) is 93.4 cm³/mol. The van der Waals surface area contributed by atoms with Crippen LogP contribution in [0, 0.1) is 17.0 Å². The minimum absolute atomic E-state index is 0.235. The second-order valence-electron chi connectivity index (χ2n) is 5.20. The Bertz CT molecular complexity index is 939.